The summed E-state index contributed by atoms with van der Waals surface area (Å²) in [6.45, 7) is 2.21. The van der Waals surface area contributed by atoms with Crippen LogP contribution in [0.5, 0.6) is 0 Å². The van der Waals surface area contributed by atoms with Gasteiger partial charge in [-0.15, -0.1) is 0 Å². The number of nitrogens with zero attached hydrogens (tertiary/aromatic N) is 1. The zero-order valence-electron chi connectivity index (χ0n) is 11.4. The molecule has 0 radical (unpaired) electrons. The molecule has 1 spiro atoms. The van der Waals surface area contributed by atoms with E-state index in [9.17, 15) is 18.5 Å². The molecule has 2 N–H and O–H groups in total. The van der Waals surface area contributed by atoms with Gasteiger partial charge in [-0.1, -0.05) is 12.1 Å². The summed E-state index contributed by atoms with van der Waals surface area (Å²) in [6.07, 6.45) is 2.12. The predicted molar refractivity (Wildman–Crippen MR) is 76.3 cm³/mol. The topological polar surface area (TPSA) is 101 Å². The first kappa shape index (κ1) is 14.4. The van der Waals surface area contributed by atoms with Gasteiger partial charge in [-0.2, -0.15) is 0 Å². The third kappa shape index (κ3) is 2.43. The van der Waals surface area contributed by atoms with Gasteiger partial charge in [-0.05, 0) is 30.2 Å². The Labute approximate surface area is 122 Å². The third-order valence-electron chi connectivity index (χ3n) is 4.68. The van der Waals surface area contributed by atoms with Gasteiger partial charge in [-0.3, -0.25) is 10.1 Å². The summed E-state index contributed by atoms with van der Waals surface area (Å²) in [7, 11) is -3.85. The van der Waals surface area contributed by atoms with Crippen LogP contribution in [-0.2, 0) is 10.0 Å². The van der Waals surface area contributed by atoms with E-state index in [1.54, 1.807) is 0 Å². The molecule has 1 heterocycles. The number of para-hydroxylation sites is 1. The fourth-order valence-electron chi connectivity index (χ4n) is 3.11. The van der Waals surface area contributed by atoms with Gasteiger partial charge >= 0.3 is 0 Å². The van der Waals surface area contributed by atoms with Crippen molar-refractivity contribution in [3.05, 3.63) is 34.4 Å². The average Bonchev–Trinajstić information content (AvgIpc) is 2.35. The number of hydrogen-bond donors (Lipinski definition) is 2. The summed E-state index contributed by atoms with van der Waals surface area (Å²) >= 11 is 0. The Kier molecular flexibility index (Phi) is 3.46. The molecule has 0 bridgehead atoms. The van der Waals surface area contributed by atoms with Crippen molar-refractivity contribution in [1.29, 1.82) is 0 Å². The van der Waals surface area contributed by atoms with Gasteiger partial charge in [0.05, 0.1) is 4.92 Å². The molecule has 2 aliphatic rings. The summed E-state index contributed by atoms with van der Waals surface area (Å²) in [5.74, 6) is 0.316. The Balaban J connectivity index is 1.74. The first-order valence-electron chi connectivity index (χ1n) is 6.88. The standard InChI is InChI=1S/C13H17N3O4S/c17-16(18)11-3-1-2-4-12(11)21(19,20)15-7-10-5-6-13(10)8-14-9-13/h1-4,10,14-15H,5-9H2. The highest BCUT2D eigenvalue weighted by atomic mass is 32.2. The van der Waals surface area contributed by atoms with E-state index in [1.165, 1.54) is 24.3 Å². The number of rotatable bonds is 5. The molecule has 3 rings (SSSR count). The van der Waals surface area contributed by atoms with Crippen LogP contribution in [0, 0.1) is 21.4 Å². The van der Waals surface area contributed by atoms with Crippen molar-refractivity contribution in [1.82, 2.24) is 10.0 Å². The predicted octanol–water partition coefficient (Wildman–Crippen LogP) is 0.873. The molecular formula is C13H17N3O4S. The molecule has 0 amide bonds. The minimum Gasteiger partial charge on any atom is -0.316 e. The quantitative estimate of drug-likeness (QED) is 0.621. The lowest BCUT2D eigenvalue weighted by molar-refractivity contribution is -0.387. The van der Waals surface area contributed by atoms with Crippen LogP contribution in [0.2, 0.25) is 0 Å². The van der Waals surface area contributed by atoms with E-state index in [0.717, 1.165) is 25.9 Å². The summed E-state index contributed by atoms with van der Waals surface area (Å²) in [5, 5.41) is 14.2. The Hall–Kier alpha value is -1.51. The molecule has 1 aliphatic heterocycles. The van der Waals surface area contributed by atoms with E-state index in [-0.39, 0.29) is 10.3 Å². The van der Waals surface area contributed by atoms with Crippen molar-refractivity contribution in [2.24, 2.45) is 11.3 Å². The second-order valence-corrected chi connectivity index (χ2v) is 7.51. The van der Waals surface area contributed by atoms with Crippen molar-refractivity contribution in [3.8, 4) is 0 Å². The molecular weight excluding hydrogens is 294 g/mol. The zero-order valence-corrected chi connectivity index (χ0v) is 12.2. The van der Waals surface area contributed by atoms with Crippen LogP contribution >= 0.6 is 0 Å². The van der Waals surface area contributed by atoms with Crippen LogP contribution in [0.15, 0.2) is 29.2 Å². The number of sulfonamides is 1. The van der Waals surface area contributed by atoms with Crippen LogP contribution in [0.3, 0.4) is 0 Å². The van der Waals surface area contributed by atoms with E-state index in [4.69, 9.17) is 0 Å². The second-order valence-electron chi connectivity index (χ2n) is 5.78. The van der Waals surface area contributed by atoms with Crippen LogP contribution in [0.1, 0.15) is 12.8 Å². The monoisotopic (exact) mass is 311 g/mol. The maximum atomic E-state index is 12.3. The molecule has 114 valence electrons. The first-order chi connectivity index (χ1) is 9.95. The van der Waals surface area contributed by atoms with Gasteiger partial charge in [0.1, 0.15) is 0 Å². The number of benzene rings is 1. The van der Waals surface area contributed by atoms with Crippen molar-refractivity contribution in [2.75, 3.05) is 19.6 Å². The summed E-state index contributed by atoms with van der Waals surface area (Å²) in [4.78, 5) is 10.00. The molecule has 1 saturated carbocycles. The Morgan fingerprint density at radius 2 is 2.10 bits per heavy atom. The van der Waals surface area contributed by atoms with E-state index in [1.807, 2.05) is 0 Å². The minimum atomic E-state index is -3.85. The average molecular weight is 311 g/mol. The lowest BCUT2D eigenvalue weighted by Gasteiger charge is -2.56. The van der Waals surface area contributed by atoms with Gasteiger partial charge in [0.15, 0.2) is 4.90 Å². The summed E-state index contributed by atoms with van der Waals surface area (Å²) < 4.78 is 27.1. The normalized spacial score (nSPS) is 23.3. The third-order valence-corrected chi connectivity index (χ3v) is 6.15. The summed E-state index contributed by atoms with van der Waals surface area (Å²) in [6, 6.07) is 5.41. The fraction of sp³-hybridized carbons (Fsp3) is 0.538. The number of nitro groups is 1. The van der Waals surface area contributed by atoms with Crippen LogP contribution in [0.25, 0.3) is 0 Å². The molecule has 1 aromatic carbocycles. The second kappa shape index (κ2) is 5.04. The van der Waals surface area contributed by atoms with Crippen LogP contribution < -0.4 is 10.0 Å². The number of hydrogen-bond acceptors (Lipinski definition) is 5. The van der Waals surface area contributed by atoms with Crippen molar-refractivity contribution < 1.29 is 13.3 Å². The molecule has 1 unspecified atom stereocenters. The van der Waals surface area contributed by atoms with Gasteiger partial charge in [-0.25, -0.2) is 13.1 Å². The minimum absolute atomic E-state index is 0.241. The number of nitro benzene ring substituents is 1. The van der Waals surface area contributed by atoms with E-state index in [0.29, 0.717) is 12.5 Å². The maximum Gasteiger partial charge on any atom is 0.289 e. The van der Waals surface area contributed by atoms with Gasteiger partial charge in [0, 0.05) is 25.7 Å². The Bertz CT molecular complexity index is 664. The maximum absolute atomic E-state index is 12.3. The van der Waals surface area contributed by atoms with Crippen LogP contribution in [-0.4, -0.2) is 33.0 Å². The molecule has 8 heteroatoms. The summed E-state index contributed by atoms with van der Waals surface area (Å²) in [5.41, 5.74) is -0.149. The molecule has 1 aliphatic carbocycles. The highest BCUT2D eigenvalue weighted by molar-refractivity contribution is 7.89. The molecule has 7 nitrogen and oxygen atoms in total. The largest absolute Gasteiger partial charge is 0.316 e. The van der Waals surface area contributed by atoms with Gasteiger partial charge in [0.2, 0.25) is 10.0 Å². The van der Waals surface area contributed by atoms with E-state index in [2.05, 4.69) is 10.0 Å². The zero-order chi connectivity index (χ0) is 15.1. The van der Waals surface area contributed by atoms with E-state index >= 15 is 0 Å². The van der Waals surface area contributed by atoms with Crippen LogP contribution in [0.4, 0.5) is 5.69 Å². The van der Waals surface area contributed by atoms with Crippen molar-refractivity contribution in [3.63, 3.8) is 0 Å². The smallest absolute Gasteiger partial charge is 0.289 e. The van der Waals surface area contributed by atoms with E-state index < -0.39 is 20.6 Å². The molecule has 1 aromatic rings. The first-order valence-corrected chi connectivity index (χ1v) is 8.37. The molecule has 21 heavy (non-hydrogen) atoms. The Morgan fingerprint density at radius 3 is 2.62 bits per heavy atom. The fourth-order valence-corrected chi connectivity index (χ4v) is 4.36. The lowest BCUT2D eigenvalue weighted by Crippen LogP contribution is -2.64. The highest BCUT2D eigenvalue weighted by Gasteiger charge is 2.50. The van der Waals surface area contributed by atoms with Gasteiger partial charge < -0.3 is 5.32 Å². The van der Waals surface area contributed by atoms with Gasteiger partial charge in [0.25, 0.3) is 5.69 Å². The number of nitrogens with one attached hydrogen (secondary N) is 2. The molecule has 0 aromatic heterocycles. The highest BCUT2D eigenvalue weighted by Crippen LogP contribution is 2.49. The molecule has 1 atom stereocenters. The van der Waals surface area contributed by atoms with Crippen molar-refractivity contribution >= 4 is 15.7 Å². The van der Waals surface area contributed by atoms with Crippen molar-refractivity contribution in [2.45, 2.75) is 17.7 Å². The SMILES string of the molecule is O=[N+]([O-])c1ccccc1S(=O)(=O)NCC1CCC12CNC2. The molecule has 2 fully saturated rings. The Morgan fingerprint density at radius 1 is 1.38 bits per heavy atom. The molecule has 1 saturated heterocycles. The lowest BCUT2D eigenvalue weighted by atomic mass is 9.56.